The van der Waals surface area contributed by atoms with Gasteiger partial charge in [-0.1, -0.05) is 25.4 Å². The molecule has 0 amide bonds. The Kier molecular flexibility index (Phi) is 3.59. The molecule has 17 heavy (non-hydrogen) atoms. The first-order valence-electron chi connectivity index (χ1n) is 6.09. The van der Waals surface area contributed by atoms with Gasteiger partial charge >= 0.3 is 0 Å². The van der Waals surface area contributed by atoms with E-state index in [-0.39, 0.29) is 0 Å². The van der Waals surface area contributed by atoms with E-state index in [1.165, 1.54) is 12.8 Å². The number of nitrogens with zero attached hydrogens (tertiary/aromatic N) is 2. The highest BCUT2D eigenvalue weighted by molar-refractivity contribution is 6.30. The van der Waals surface area contributed by atoms with Crippen molar-refractivity contribution in [2.45, 2.75) is 32.7 Å². The smallest absolute Gasteiger partial charge is 0.101 e. The van der Waals surface area contributed by atoms with Crippen molar-refractivity contribution >= 4 is 17.3 Å². The fraction of sp³-hybridized carbons (Fsp3) is 0.500. The molecule has 2 nitrogen and oxygen atoms in total. The Hall–Kier alpha value is -1.20. The largest absolute Gasteiger partial charge is 0.367 e. The average Bonchev–Trinajstić information content (AvgIpc) is 2.77. The molecular formula is C14H17ClN2. The lowest BCUT2D eigenvalue weighted by Gasteiger charge is -2.30. The van der Waals surface area contributed by atoms with Crippen LogP contribution in [0.15, 0.2) is 18.2 Å². The normalized spacial score (nSPS) is 19.7. The molecule has 1 aliphatic rings. The summed E-state index contributed by atoms with van der Waals surface area (Å²) in [5.41, 5.74) is 1.72. The van der Waals surface area contributed by atoms with E-state index in [4.69, 9.17) is 11.6 Å². The standard InChI is InChI=1S/C14H17ClN2/c1-10(2)13-4-3-7-17(13)14-8-12(15)6-5-11(14)9-16/h5-6,8,10,13H,3-4,7H2,1-2H3. The lowest BCUT2D eigenvalue weighted by molar-refractivity contribution is 0.492. The van der Waals surface area contributed by atoms with Crippen LogP contribution in [0.3, 0.4) is 0 Å². The third-order valence-electron chi connectivity index (χ3n) is 3.46. The van der Waals surface area contributed by atoms with E-state index in [0.29, 0.717) is 17.0 Å². The molecule has 1 atom stereocenters. The summed E-state index contributed by atoms with van der Waals surface area (Å²) in [7, 11) is 0. The molecule has 1 aromatic rings. The van der Waals surface area contributed by atoms with Crippen molar-refractivity contribution in [1.82, 2.24) is 0 Å². The Bertz CT molecular complexity index is 448. The van der Waals surface area contributed by atoms with Gasteiger partial charge in [0.2, 0.25) is 0 Å². The average molecular weight is 249 g/mol. The van der Waals surface area contributed by atoms with E-state index in [1.807, 2.05) is 12.1 Å². The number of hydrogen-bond acceptors (Lipinski definition) is 2. The predicted octanol–water partition coefficient (Wildman–Crippen LogP) is 3.84. The minimum absolute atomic E-state index is 0.528. The van der Waals surface area contributed by atoms with Crippen LogP contribution < -0.4 is 4.90 Å². The summed E-state index contributed by atoms with van der Waals surface area (Å²) in [6.45, 7) is 5.50. The lowest BCUT2D eigenvalue weighted by atomic mass is 10.0. The van der Waals surface area contributed by atoms with Crippen LogP contribution in [0.5, 0.6) is 0 Å². The van der Waals surface area contributed by atoms with Gasteiger partial charge in [0.15, 0.2) is 0 Å². The highest BCUT2D eigenvalue weighted by Gasteiger charge is 2.28. The van der Waals surface area contributed by atoms with Crippen LogP contribution in [0.25, 0.3) is 0 Å². The van der Waals surface area contributed by atoms with Crippen LogP contribution in [0.4, 0.5) is 5.69 Å². The number of nitriles is 1. The zero-order valence-electron chi connectivity index (χ0n) is 10.3. The van der Waals surface area contributed by atoms with E-state index in [2.05, 4.69) is 24.8 Å². The Morgan fingerprint density at radius 1 is 1.47 bits per heavy atom. The second kappa shape index (κ2) is 4.98. The highest BCUT2D eigenvalue weighted by Crippen LogP contribution is 2.33. The second-order valence-corrected chi connectivity index (χ2v) is 5.36. The first-order chi connectivity index (χ1) is 8.13. The van der Waals surface area contributed by atoms with E-state index in [1.54, 1.807) is 6.07 Å². The first-order valence-corrected chi connectivity index (χ1v) is 6.47. The van der Waals surface area contributed by atoms with Crippen molar-refractivity contribution in [2.24, 2.45) is 5.92 Å². The van der Waals surface area contributed by atoms with Crippen LogP contribution in [-0.4, -0.2) is 12.6 Å². The van der Waals surface area contributed by atoms with Gasteiger partial charge in [-0.15, -0.1) is 0 Å². The van der Waals surface area contributed by atoms with Gasteiger partial charge in [-0.25, -0.2) is 0 Å². The van der Waals surface area contributed by atoms with Gasteiger partial charge in [0, 0.05) is 17.6 Å². The summed E-state index contributed by atoms with van der Waals surface area (Å²) >= 11 is 6.04. The molecule has 1 fully saturated rings. The predicted molar refractivity (Wildman–Crippen MR) is 71.4 cm³/mol. The molecule has 1 saturated heterocycles. The molecule has 1 heterocycles. The van der Waals surface area contributed by atoms with Crippen LogP contribution in [0.1, 0.15) is 32.3 Å². The fourth-order valence-electron chi connectivity index (χ4n) is 2.62. The summed E-state index contributed by atoms with van der Waals surface area (Å²) in [5, 5.41) is 9.88. The zero-order valence-corrected chi connectivity index (χ0v) is 11.0. The van der Waals surface area contributed by atoms with Crippen LogP contribution in [0, 0.1) is 17.2 Å². The maximum absolute atomic E-state index is 9.17. The quantitative estimate of drug-likeness (QED) is 0.795. The topological polar surface area (TPSA) is 27.0 Å². The van der Waals surface area contributed by atoms with Crippen molar-refractivity contribution in [1.29, 1.82) is 5.26 Å². The van der Waals surface area contributed by atoms with Crippen LogP contribution >= 0.6 is 11.6 Å². The van der Waals surface area contributed by atoms with Crippen molar-refractivity contribution < 1.29 is 0 Å². The number of anilines is 1. The summed E-state index contributed by atoms with van der Waals surface area (Å²) in [5.74, 6) is 0.600. The molecule has 3 heteroatoms. The number of hydrogen-bond donors (Lipinski definition) is 0. The molecule has 1 aromatic carbocycles. The molecule has 0 spiro atoms. The molecule has 0 aromatic heterocycles. The molecule has 0 N–H and O–H groups in total. The van der Waals surface area contributed by atoms with Crippen LogP contribution in [-0.2, 0) is 0 Å². The van der Waals surface area contributed by atoms with Crippen LogP contribution in [0.2, 0.25) is 5.02 Å². The Labute approximate surface area is 108 Å². The molecule has 0 radical (unpaired) electrons. The molecule has 1 aliphatic heterocycles. The third kappa shape index (κ3) is 2.40. The molecule has 0 saturated carbocycles. The fourth-order valence-corrected chi connectivity index (χ4v) is 2.79. The third-order valence-corrected chi connectivity index (χ3v) is 3.69. The Morgan fingerprint density at radius 2 is 2.24 bits per heavy atom. The van der Waals surface area contributed by atoms with E-state index < -0.39 is 0 Å². The SMILES string of the molecule is CC(C)C1CCCN1c1cc(Cl)ccc1C#N. The van der Waals surface area contributed by atoms with Crippen molar-refractivity contribution in [3.63, 3.8) is 0 Å². The van der Waals surface area contributed by atoms with Crippen molar-refractivity contribution in [3.05, 3.63) is 28.8 Å². The maximum atomic E-state index is 9.17. The molecule has 1 unspecified atom stereocenters. The van der Waals surface area contributed by atoms with Crippen molar-refractivity contribution in [2.75, 3.05) is 11.4 Å². The molecule has 2 rings (SSSR count). The number of rotatable bonds is 2. The number of halogens is 1. The molecule has 0 bridgehead atoms. The van der Waals surface area contributed by atoms with E-state index in [0.717, 1.165) is 17.8 Å². The minimum atomic E-state index is 0.528. The number of benzene rings is 1. The zero-order chi connectivity index (χ0) is 12.4. The minimum Gasteiger partial charge on any atom is -0.367 e. The lowest BCUT2D eigenvalue weighted by Crippen LogP contribution is -2.33. The van der Waals surface area contributed by atoms with E-state index >= 15 is 0 Å². The van der Waals surface area contributed by atoms with Gasteiger partial charge in [-0.2, -0.15) is 5.26 Å². The van der Waals surface area contributed by atoms with Gasteiger partial charge < -0.3 is 4.90 Å². The summed E-state index contributed by atoms with van der Waals surface area (Å²) < 4.78 is 0. The summed E-state index contributed by atoms with van der Waals surface area (Å²) in [4.78, 5) is 2.34. The van der Waals surface area contributed by atoms with Crippen molar-refractivity contribution in [3.8, 4) is 6.07 Å². The van der Waals surface area contributed by atoms with Gasteiger partial charge in [0.25, 0.3) is 0 Å². The molecule has 90 valence electrons. The molecule has 0 aliphatic carbocycles. The highest BCUT2D eigenvalue weighted by atomic mass is 35.5. The monoisotopic (exact) mass is 248 g/mol. The second-order valence-electron chi connectivity index (χ2n) is 4.92. The summed E-state index contributed by atoms with van der Waals surface area (Å²) in [6, 6.07) is 8.30. The Balaban J connectivity index is 2.39. The van der Waals surface area contributed by atoms with Gasteiger partial charge in [-0.3, -0.25) is 0 Å². The Morgan fingerprint density at radius 3 is 2.88 bits per heavy atom. The van der Waals surface area contributed by atoms with E-state index in [9.17, 15) is 5.26 Å². The molecular weight excluding hydrogens is 232 g/mol. The van der Waals surface area contributed by atoms with Gasteiger partial charge in [-0.05, 0) is 37.0 Å². The first kappa shape index (κ1) is 12.3. The van der Waals surface area contributed by atoms with Gasteiger partial charge in [0.05, 0.1) is 11.3 Å². The maximum Gasteiger partial charge on any atom is 0.101 e. The summed E-state index contributed by atoms with van der Waals surface area (Å²) in [6.07, 6.45) is 2.40. The van der Waals surface area contributed by atoms with Gasteiger partial charge in [0.1, 0.15) is 6.07 Å².